The number of morpholine rings is 1. The van der Waals surface area contributed by atoms with Gasteiger partial charge in [-0.25, -0.2) is 23.4 Å². The van der Waals surface area contributed by atoms with Crippen molar-refractivity contribution >= 4 is 33.7 Å². The quantitative estimate of drug-likeness (QED) is 0.287. The van der Waals surface area contributed by atoms with Crippen molar-refractivity contribution < 1.29 is 18.3 Å². The molecular weight excluding hydrogens is 594 g/mol. The maximum absolute atomic E-state index is 14.3. The molecule has 46 heavy (non-hydrogen) atoms. The zero-order chi connectivity index (χ0) is 31.3. The zero-order valence-electron chi connectivity index (χ0n) is 25.9. The molecule has 5 aromatic rings. The molecule has 0 spiro atoms. The SMILES string of the molecule is COc1ccncc1-c1cc2c(cnn2-c2cc3c(nc(N4CCN5CC(F)(F)C[C@@H]5C4)n3C)c(N3C[C@H]4C[C@@H]3CO4)n2)c(C)n1. The Labute approximate surface area is 263 Å². The van der Waals surface area contributed by atoms with Crippen LogP contribution in [0.1, 0.15) is 18.5 Å². The maximum Gasteiger partial charge on any atom is 0.262 e. The van der Waals surface area contributed by atoms with E-state index < -0.39 is 5.92 Å². The minimum absolute atomic E-state index is 0.116. The molecule has 2 bridgehead atoms. The van der Waals surface area contributed by atoms with Crippen LogP contribution in [0.3, 0.4) is 0 Å². The number of hydrogen-bond acceptors (Lipinski definition) is 10. The number of halogens is 2. The van der Waals surface area contributed by atoms with E-state index in [-0.39, 0.29) is 31.2 Å². The van der Waals surface area contributed by atoms with Crippen LogP contribution in [0.4, 0.5) is 20.5 Å². The van der Waals surface area contributed by atoms with Gasteiger partial charge in [-0.15, -0.1) is 0 Å². The van der Waals surface area contributed by atoms with Crippen molar-refractivity contribution in [2.45, 2.75) is 43.9 Å². The van der Waals surface area contributed by atoms with E-state index in [1.165, 1.54) is 0 Å². The summed E-state index contributed by atoms with van der Waals surface area (Å²) in [6.45, 7) is 4.95. The zero-order valence-corrected chi connectivity index (χ0v) is 25.9. The minimum atomic E-state index is -2.64. The summed E-state index contributed by atoms with van der Waals surface area (Å²) in [6, 6.07) is 5.87. The van der Waals surface area contributed by atoms with Crippen LogP contribution in [-0.4, -0.2) is 110 Å². The highest BCUT2D eigenvalue weighted by Crippen LogP contribution is 2.40. The van der Waals surface area contributed by atoms with Crippen molar-refractivity contribution in [1.82, 2.24) is 39.2 Å². The first-order valence-corrected chi connectivity index (χ1v) is 15.7. The van der Waals surface area contributed by atoms with Crippen LogP contribution in [0, 0.1) is 6.92 Å². The predicted octanol–water partition coefficient (Wildman–Crippen LogP) is 3.59. The fourth-order valence-corrected chi connectivity index (χ4v) is 7.83. The first-order valence-electron chi connectivity index (χ1n) is 15.7. The van der Waals surface area contributed by atoms with Crippen LogP contribution in [0.15, 0.2) is 36.8 Å². The third kappa shape index (κ3) is 4.26. The van der Waals surface area contributed by atoms with Gasteiger partial charge in [0.25, 0.3) is 5.92 Å². The molecular formula is C32H34F2N10O2. The summed E-state index contributed by atoms with van der Waals surface area (Å²) in [5.41, 5.74) is 4.91. The number of hydrogen-bond donors (Lipinski definition) is 0. The third-order valence-electron chi connectivity index (χ3n) is 10.1. The molecule has 4 saturated heterocycles. The van der Waals surface area contributed by atoms with Crippen LogP contribution in [0.25, 0.3) is 39.0 Å². The molecule has 0 saturated carbocycles. The Kier molecular flexibility index (Phi) is 6.07. The number of aromatic nitrogens is 7. The lowest BCUT2D eigenvalue weighted by Gasteiger charge is -2.37. The number of anilines is 2. The normalized spacial score (nSPS) is 24.1. The first kappa shape index (κ1) is 27.8. The number of ether oxygens (including phenoxy) is 2. The summed E-state index contributed by atoms with van der Waals surface area (Å²) < 4.78 is 44.0. The third-order valence-corrected chi connectivity index (χ3v) is 10.1. The van der Waals surface area contributed by atoms with Gasteiger partial charge in [-0.1, -0.05) is 0 Å². The number of aryl methyl sites for hydroxylation is 2. The predicted molar refractivity (Wildman–Crippen MR) is 168 cm³/mol. The second-order valence-electron chi connectivity index (χ2n) is 12.9. The van der Waals surface area contributed by atoms with Crippen molar-refractivity contribution in [3.63, 3.8) is 0 Å². The van der Waals surface area contributed by atoms with Gasteiger partial charge in [-0.3, -0.25) is 14.9 Å². The molecule has 4 aliphatic heterocycles. The highest BCUT2D eigenvalue weighted by molar-refractivity contribution is 5.92. The van der Waals surface area contributed by atoms with Gasteiger partial charge in [-0.05, 0) is 25.5 Å². The molecule has 0 aromatic carbocycles. The van der Waals surface area contributed by atoms with Gasteiger partial charge in [0.15, 0.2) is 11.6 Å². The average Bonchev–Trinajstić information content (AvgIpc) is 3.88. The smallest absolute Gasteiger partial charge is 0.262 e. The Balaban J connectivity index is 1.18. The number of fused-ring (bicyclic) bond motifs is 5. The fraction of sp³-hybridized carbons (Fsp3) is 0.469. The number of pyridine rings is 3. The van der Waals surface area contributed by atoms with E-state index in [1.54, 1.807) is 19.5 Å². The molecule has 0 radical (unpaired) electrons. The van der Waals surface area contributed by atoms with E-state index in [1.807, 2.05) is 47.9 Å². The van der Waals surface area contributed by atoms with E-state index in [0.717, 1.165) is 63.6 Å². The molecule has 0 unspecified atom stereocenters. The van der Waals surface area contributed by atoms with E-state index >= 15 is 0 Å². The standard InChI is InChI=1S/C32H34F2N10O2/c1-18-22-13-36-44(25(22)9-24(37-18)23-12-35-5-4-27(23)45-3)28-10-26-29(30(38-28)43-15-21-8-19(43)16-46-21)39-31(40(26)2)41-6-7-42-17-32(33,34)11-20(42)14-41/h4-5,9-10,12-13,19-21H,6-8,11,14-17H2,1-3H3/t19-,20-,21-/m1/s1. The van der Waals surface area contributed by atoms with Gasteiger partial charge >= 0.3 is 0 Å². The summed E-state index contributed by atoms with van der Waals surface area (Å²) in [5, 5.41) is 5.73. The van der Waals surface area contributed by atoms with Gasteiger partial charge < -0.3 is 23.8 Å². The van der Waals surface area contributed by atoms with Gasteiger partial charge in [0.05, 0.1) is 60.9 Å². The minimum Gasteiger partial charge on any atom is -0.496 e. The van der Waals surface area contributed by atoms with Crippen LogP contribution in [-0.2, 0) is 11.8 Å². The second kappa shape index (κ2) is 10.0. The van der Waals surface area contributed by atoms with Crippen molar-refractivity contribution in [2.24, 2.45) is 7.05 Å². The highest BCUT2D eigenvalue weighted by Gasteiger charge is 2.47. The van der Waals surface area contributed by atoms with Gasteiger partial charge in [0.2, 0.25) is 5.95 Å². The van der Waals surface area contributed by atoms with Gasteiger partial charge in [-0.2, -0.15) is 5.10 Å². The Morgan fingerprint density at radius 1 is 1.04 bits per heavy atom. The number of rotatable bonds is 5. The molecule has 0 N–H and O–H groups in total. The molecule has 14 heteroatoms. The lowest BCUT2D eigenvalue weighted by atomic mass is 10.1. The molecule has 12 nitrogen and oxygen atoms in total. The van der Waals surface area contributed by atoms with Crippen LogP contribution in [0.5, 0.6) is 5.75 Å². The second-order valence-corrected chi connectivity index (χ2v) is 12.9. The number of methoxy groups -OCH3 is 1. The van der Waals surface area contributed by atoms with Crippen molar-refractivity contribution in [3.8, 4) is 22.8 Å². The lowest BCUT2D eigenvalue weighted by molar-refractivity contribution is 0.0125. The van der Waals surface area contributed by atoms with Crippen LogP contribution in [0.2, 0.25) is 0 Å². The highest BCUT2D eigenvalue weighted by atomic mass is 19.3. The molecule has 4 fully saturated rings. The van der Waals surface area contributed by atoms with E-state index in [0.29, 0.717) is 37.8 Å². The molecule has 5 aromatic heterocycles. The molecule has 0 amide bonds. The summed E-state index contributed by atoms with van der Waals surface area (Å²) in [5.74, 6) is 0.260. The summed E-state index contributed by atoms with van der Waals surface area (Å²) >= 11 is 0. The summed E-state index contributed by atoms with van der Waals surface area (Å²) in [4.78, 5) is 26.0. The molecule has 9 heterocycles. The van der Waals surface area contributed by atoms with Crippen LogP contribution >= 0.6 is 0 Å². The van der Waals surface area contributed by atoms with Gasteiger partial charge in [0, 0.05) is 75.2 Å². The van der Waals surface area contributed by atoms with Crippen molar-refractivity contribution in [2.75, 3.05) is 56.2 Å². The van der Waals surface area contributed by atoms with Gasteiger partial charge in [0.1, 0.15) is 11.3 Å². The molecule has 9 rings (SSSR count). The van der Waals surface area contributed by atoms with Crippen molar-refractivity contribution in [3.05, 3.63) is 42.5 Å². The monoisotopic (exact) mass is 628 g/mol. The number of piperazine rings is 1. The molecule has 3 atom stereocenters. The topological polar surface area (TPSA) is 102 Å². The Bertz CT molecular complexity index is 2010. The first-order chi connectivity index (χ1) is 22.3. The maximum atomic E-state index is 14.3. The van der Waals surface area contributed by atoms with E-state index in [4.69, 9.17) is 29.5 Å². The number of alkyl halides is 2. The van der Waals surface area contributed by atoms with E-state index in [2.05, 4.69) is 19.4 Å². The summed E-state index contributed by atoms with van der Waals surface area (Å²) in [6.07, 6.45) is 6.28. The average molecular weight is 629 g/mol. The Morgan fingerprint density at radius 3 is 2.74 bits per heavy atom. The Hall–Kier alpha value is -4.43. The largest absolute Gasteiger partial charge is 0.496 e. The van der Waals surface area contributed by atoms with Crippen LogP contribution < -0.4 is 14.5 Å². The fourth-order valence-electron chi connectivity index (χ4n) is 7.83. The lowest BCUT2D eigenvalue weighted by Crippen LogP contribution is -2.50. The van der Waals surface area contributed by atoms with E-state index in [9.17, 15) is 8.78 Å². The number of nitrogens with zero attached hydrogens (tertiary/aromatic N) is 10. The molecule has 4 aliphatic rings. The Morgan fingerprint density at radius 2 is 1.93 bits per heavy atom. The summed E-state index contributed by atoms with van der Waals surface area (Å²) in [7, 11) is 3.63. The molecule has 238 valence electrons. The number of imidazole rings is 1. The van der Waals surface area contributed by atoms with Crippen molar-refractivity contribution in [1.29, 1.82) is 0 Å². The molecule has 0 aliphatic carbocycles.